The van der Waals surface area contributed by atoms with Gasteiger partial charge in [-0.15, -0.1) is 0 Å². The average Bonchev–Trinajstić information content (AvgIpc) is 3.28. The molecule has 2 aliphatic rings. The van der Waals surface area contributed by atoms with Crippen LogP contribution >= 0.6 is 0 Å². The number of nitriles is 1. The van der Waals surface area contributed by atoms with E-state index in [2.05, 4.69) is 11.1 Å². The number of aromatic nitrogens is 1. The van der Waals surface area contributed by atoms with Crippen molar-refractivity contribution in [3.05, 3.63) is 30.2 Å². The molecule has 1 aromatic heterocycles. The number of rotatable bonds is 2. The number of fused-ring (bicyclic) bond motifs is 1. The van der Waals surface area contributed by atoms with Crippen molar-refractivity contribution in [3.63, 3.8) is 0 Å². The number of para-hydroxylation sites is 2. The average molecular weight is 323 g/mol. The summed E-state index contributed by atoms with van der Waals surface area (Å²) in [5.74, 6) is 1.07. The van der Waals surface area contributed by atoms with Gasteiger partial charge in [0, 0.05) is 19.0 Å². The van der Waals surface area contributed by atoms with Gasteiger partial charge in [0.25, 0.3) is 0 Å². The largest absolute Gasteiger partial charge is 0.440 e. The highest BCUT2D eigenvalue weighted by Crippen LogP contribution is 2.40. The van der Waals surface area contributed by atoms with E-state index in [4.69, 9.17) is 4.42 Å². The lowest BCUT2D eigenvalue weighted by atomic mass is 9.85. The molecule has 2 heterocycles. The minimum Gasteiger partial charge on any atom is -0.440 e. The van der Waals surface area contributed by atoms with Crippen molar-refractivity contribution in [3.8, 4) is 6.07 Å². The first-order valence-electron chi connectivity index (χ1n) is 8.78. The molecular weight excluding hydrogens is 302 g/mol. The van der Waals surface area contributed by atoms with E-state index in [1.807, 2.05) is 29.2 Å². The van der Waals surface area contributed by atoms with Crippen molar-refractivity contribution in [2.75, 3.05) is 13.1 Å². The molecule has 2 aromatic rings. The smallest absolute Gasteiger partial charge is 0.243 e. The van der Waals surface area contributed by atoms with Crippen LogP contribution in [0.1, 0.15) is 50.3 Å². The molecule has 124 valence electrons. The van der Waals surface area contributed by atoms with E-state index in [0.717, 1.165) is 42.7 Å². The van der Waals surface area contributed by atoms with E-state index in [9.17, 15) is 10.1 Å². The van der Waals surface area contributed by atoms with Crippen LogP contribution in [0.4, 0.5) is 0 Å². The van der Waals surface area contributed by atoms with Gasteiger partial charge in [-0.2, -0.15) is 5.26 Å². The number of carbonyl (C=O) groups excluding carboxylic acids is 1. The molecule has 5 heteroatoms. The van der Waals surface area contributed by atoms with E-state index >= 15 is 0 Å². The summed E-state index contributed by atoms with van der Waals surface area (Å²) in [4.78, 5) is 19.3. The number of likely N-dealkylation sites (tertiary alicyclic amines) is 1. The Morgan fingerprint density at radius 3 is 2.62 bits per heavy atom. The molecule has 1 aromatic carbocycles. The number of nitrogens with zero attached hydrogens (tertiary/aromatic N) is 3. The lowest BCUT2D eigenvalue weighted by molar-refractivity contribution is -0.140. The van der Waals surface area contributed by atoms with E-state index in [0.29, 0.717) is 25.9 Å². The highest BCUT2D eigenvalue weighted by atomic mass is 16.3. The van der Waals surface area contributed by atoms with Crippen molar-refractivity contribution < 1.29 is 9.21 Å². The second-order valence-corrected chi connectivity index (χ2v) is 6.99. The van der Waals surface area contributed by atoms with Gasteiger partial charge in [0.05, 0.1) is 6.07 Å². The van der Waals surface area contributed by atoms with E-state index in [-0.39, 0.29) is 11.8 Å². The Morgan fingerprint density at radius 1 is 1.25 bits per heavy atom. The van der Waals surface area contributed by atoms with Gasteiger partial charge >= 0.3 is 0 Å². The predicted octanol–water partition coefficient (Wildman–Crippen LogP) is 3.62. The Kier molecular flexibility index (Phi) is 3.76. The highest BCUT2D eigenvalue weighted by molar-refractivity contribution is 5.86. The molecular formula is C19H21N3O2. The molecule has 1 saturated carbocycles. The maximum atomic E-state index is 12.8. The monoisotopic (exact) mass is 323 g/mol. The number of amides is 1. The third kappa shape index (κ3) is 2.47. The summed E-state index contributed by atoms with van der Waals surface area (Å²) in [5, 5.41) is 9.51. The molecule has 24 heavy (non-hydrogen) atoms. The van der Waals surface area contributed by atoms with Gasteiger partial charge < -0.3 is 9.32 Å². The Balaban J connectivity index is 1.45. The Bertz CT molecular complexity index is 757. The minimum absolute atomic E-state index is 0.0403. The first-order chi connectivity index (χ1) is 11.7. The molecule has 5 nitrogen and oxygen atoms in total. The molecule has 0 bridgehead atoms. The van der Waals surface area contributed by atoms with Gasteiger partial charge in [-0.1, -0.05) is 25.0 Å². The number of hydrogen-bond donors (Lipinski definition) is 0. The van der Waals surface area contributed by atoms with E-state index in [1.54, 1.807) is 0 Å². The highest BCUT2D eigenvalue weighted by Gasteiger charge is 2.44. The molecule has 0 radical (unpaired) electrons. The SMILES string of the molecule is N#CC1(C(=O)N2CCC(c3nc4ccccc4o3)CC2)CCCC1. The molecule has 1 aliphatic heterocycles. The molecule has 0 unspecified atom stereocenters. The number of benzene rings is 1. The second kappa shape index (κ2) is 5.94. The summed E-state index contributed by atoms with van der Waals surface area (Å²) in [5.41, 5.74) is 0.950. The van der Waals surface area contributed by atoms with Crippen molar-refractivity contribution in [2.24, 2.45) is 5.41 Å². The summed E-state index contributed by atoms with van der Waals surface area (Å²) in [6, 6.07) is 10.1. The molecule has 1 aliphatic carbocycles. The fourth-order valence-corrected chi connectivity index (χ4v) is 4.05. The van der Waals surface area contributed by atoms with Gasteiger partial charge in [-0.3, -0.25) is 4.79 Å². The molecule has 0 atom stereocenters. The van der Waals surface area contributed by atoms with Crippen molar-refractivity contribution >= 4 is 17.0 Å². The number of piperidine rings is 1. The van der Waals surface area contributed by atoms with Gasteiger partial charge in [0.2, 0.25) is 5.91 Å². The Labute approximate surface area is 141 Å². The van der Waals surface area contributed by atoms with Crippen LogP contribution in [0.25, 0.3) is 11.1 Å². The van der Waals surface area contributed by atoms with E-state index in [1.165, 1.54) is 0 Å². The summed E-state index contributed by atoms with van der Waals surface area (Å²) in [6.07, 6.45) is 5.10. The summed E-state index contributed by atoms with van der Waals surface area (Å²) >= 11 is 0. The van der Waals surface area contributed by atoms with Crippen LogP contribution in [0.3, 0.4) is 0 Å². The summed E-state index contributed by atoms with van der Waals surface area (Å²) < 4.78 is 5.88. The van der Waals surface area contributed by atoms with Crippen molar-refractivity contribution in [1.82, 2.24) is 9.88 Å². The van der Waals surface area contributed by atoms with Crippen LogP contribution in [-0.4, -0.2) is 28.9 Å². The maximum Gasteiger partial charge on any atom is 0.243 e. The maximum absolute atomic E-state index is 12.8. The van der Waals surface area contributed by atoms with Crippen LogP contribution in [0.5, 0.6) is 0 Å². The number of carbonyl (C=O) groups is 1. The lowest BCUT2D eigenvalue weighted by Crippen LogP contribution is -2.45. The molecule has 1 saturated heterocycles. The van der Waals surface area contributed by atoms with Crippen molar-refractivity contribution in [2.45, 2.75) is 44.4 Å². The Hall–Kier alpha value is -2.35. The fourth-order valence-electron chi connectivity index (χ4n) is 4.05. The van der Waals surface area contributed by atoms with Crippen LogP contribution in [0, 0.1) is 16.7 Å². The van der Waals surface area contributed by atoms with Crippen LogP contribution in [0.15, 0.2) is 28.7 Å². The van der Waals surface area contributed by atoms with Gasteiger partial charge in [-0.25, -0.2) is 4.98 Å². The number of hydrogen-bond acceptors (Lipinski definition) is 4. The van der Waals surface area contributed by atoms with Crippen LogP contribution in [0.2, 0.25) is 0 Å². The standard InChI is InChI=1S/C19H21N3O2/c20-13-19(9-3-4-10-19)18(23)22-11-7-14(8-12-22)17-21-15-5-1-2-6-16(15)24-17/h1-2,5-6,14H,3-4,7-12H2. The van der Waals surface area contributed by atoms with Crippen LogP contribution < -0.4 is 0 Å². The zero-order chi connectivity index (χ0) is 16.6. The molecule has 1 amide bonds. The normalized spacial score (nSPS) is 21.0. The fraction of sp³-hybridized carbons (Fsp3) is 0.526. The second-order valence-electron chi connectivity index (χ2n) is 6.99. The lowest BCUT2D eigenvalue weighted by Gasteiger charge is -2.34. The molecule has 2 fully saturated rings. The first-order valence-corrected chi connectivity index (χ1v) is 8.78. The Morgan fingerprint density at radius 2 is 1.96 bits per heavy atom. The van der Waals surface area contributed by atoms with E-state index < -0.39 is 5.41 Å². The summed E-state index contributed by atoms with van der Waals surface area (Å²) in [6.45, 7) is 1.37. The van der Waals surface area contributed by atoms with Gasteiger partial charge in [0.1, 0.15) is 10.9 Å². The molecule has 0 N–H and O–H groups in total. The quantitative estimate of drug-likeness (QED) is 0.846. The summed E-state index contributed by atoms with van der Waals surface area (Å²) in [7, 11) is 0. The molecule has 4 rings (SSSR count). The van der Waals surface area contributed by atoms with Gasteiger partial charge in [0.15, 0.2) is 11.5 Å². The number of oxazole rings is 1. The van der Waals surface area contributed by atoms with Gasteiger partial charge in [-0.05, 0) is 37.8 Å². The zero-order valence-electron chi connectivity index (χ0n) is 13.7. The van der Waals surface area contributed by atoms with Crippen molar-refractivity contribution in [1.29, 1.82) is 5.26 Å². The van der Waals surface area contributed by atoms with Crippen LogP contribution in [-0.2, 0) is 4.79 Å². The topological polar surface area (TPSA) is 70.1 Å². The minimum atomic E-state index is -0.759. The first kappa shape index (κ1) is 15.2. The predicted molar refractivity (Wildman–Crippen MR) is 89.1 cm³/mol. The zero-order valence-corrected chi connectivity index (χ0v) is 13.7. The third-order valence-corrected chi connectivity index (χ3v) is 5.52. The third-order valence-electron chi connectivity index (χ3n) is 5.52. The molecule has 0 spiro atoms.